The van der Waals surface area contributed by atoms with Crippen LogP contribution in [0.15, 0.2) is 18.2 Å². The molecule has 20 heavy (non-hydrogen) atoms. The zero-order valence-electron chi connectivity index (χ0n) is 13.6. The molecule has 2 rings (SSSR count). The third-order valence-electron chi connectivity index (χ3n) is 4.56. The zero-order chi connectivity index (χ0) is 14.9. The Bertz CT molecular complexity index is 441. The topological polar surface area (TPSA) is 23.5 Å². The highest BCUT2D eigenvalue weighted by Crippen LogP contribution is 2.34. The molecule has 2 nitrogen and oxygen atoms in total. The lowest BCUT2D eigenvalue weighted by atomic mass is 9.80. The number of benzene rings is 1. The number of rotatable bonds is 3. The SMILES string of the molecule is Cc1cc(C)cc(C(O)CN2CCC(C(C)(C)C)C2)c1. The van der Waals surface area contributed by atoms with Gasteiger partial charge in [0.25, 0.3) is 0 Å². The molecule has 0 amide bonds. The summed E-state index contributed by atoms with van der Waals surface area (Å²) in [6.45, 7) is 14.1. The van der Waals surface area contributed by atoms with Gasteiger partial charge >= 0.3 is 0 Å². The smallest absolute Gasteiger partial charge is 0.0917 e. The molecule has 2 heteroatoms. The predicted octanol–water partition coefficient (Wildman–Crippen LogP) is 3.70. The summed E-state index contributed by atoms with van der Waals surface area (Å²) < 4.78 is 0. The van der Waals surface area contributed by atoms with Crippen LogP contribution < -0.4 is 0 Å². The van der Waals surface area contributed by atoms with Crippen LogP contribution in [0.2, 0.25) is 0 Å². The third kappa shape index (κ3) is 3.83. The molecule has 1 N–H and O–H groups in total. The third-order valence-corrected chi connectivity index (χ3v) is 4.56. The standard InChI is InChI=1S/C18H29NO/c1-13-8-14(2)10-15(9-13)17(20)12-19-7-6-16(11-19)18(3,4)5/h8-10,16-17,20H,6-7,11-12H2,1-5H3. The van der Waals surface area contributed by atoms with Crippen LogP contribution in [-0.2, 0) is 0 Å². The first-order valence-electron chi connectivity index (χ1n) is 7.74. The lowest BCUT2D eigenvalue weighted by Crippen LogP contribution is -2.29. The fraction of sp³-hybridized carbons (Fsp3) is 0.667. The van der Waals surface area contributed by atoms with Crippen LogP contribution in [-0.4, -0.2) is 29.6 Å². The van der Waals surface area contributed by atoms with Gasteiger partial charge in [0.15, 0.2) is 0 Å². The molecule has 1 aromatic carbocycles. The Morgan fingerprint density at radius 1 is 1.20 bits per heavy atom. The molecule has 0 bridgehead atoms. The van der Waals surface area contributed by atoms with Crippen LogP contribution in [0.4, 0.5) is 0 Å². The summed E-state index contributed by atoms with van der Waals surface area (Å²) in [5, 5.41) is 10.5. The number of hydrogen-bond donors (Lipinski definition) is 1. The van der Waals surface area contributed by atoms with E-state index >= 15 is 0 Å². The minimum atomic E-state index is -0.368. The molecule has 2 unspecified atom stereocenters. The Balaban J connectivity index is 1.97. The summed E-state index contributed by atoms with van der Waals surface area (Å²) in [5.41, 5.74) is 3.89. The van der Waals surface area contributed by atoms with Crippen LogP contribution in [0, 0.1) is 25.2 Å². The summed E-state index contributed by atoms with van der Waals surface area (Å²) in [5.74, 6) is 0.744. The van der Waals surface area contributed by atoms with Gasteiger partial charge in [0.1, 0.15) is 0 Å². The van der Waals surface area contributed by atoms with Gasteiger partial charge in [-0.15, -0.1) is 0 Å². The van der Waals surface area contributed by atoms with Gasteiger partial charge in [-0.3, -0.25) is 0 Å². The fourth-order valence-electron chi connectivity index (χ4n) is 3.26. The Kier molecular flexibility index (Phi) is 4.55. The average molecular weight is 275 g/mol. The minimum Gasteiger partial charge on any atom is -0.387 e. The van der Waals surface area contributed by atoms with Crippen LogP contribution in [0.3, 0.4) is 0 Å². The Hall–Kier alpha value is -0.860. The largest absolute Gasteiger partial charge is 0.387 e. The molecule has 0 aliphatic carbocycles. The van der Waals surface area contributed by atoms with Crippen molar-refractivity contribution in [2.75, 3.05) is 19.6 Å². The molecule has 0 radical (unpaired) electrons. The van der Waals surface area contributed by atoms with E-state index in [4.69, 9.17) is 0 Å². The first-order valence-corrected chi connectivity index (χ1v) is 7.74. The molecule has 1 saturated heterocycles. The summed E-state index contributed by atoms with van der Waals surface area (Å²) >= 11 is 0. The van der Waals surface area contributed by atoms with Crippen molar-refractivity contribution in [3.8, 4) is 0 Å². The highest BCUT2D eigenvalue weighted by atomic mass is 16.3. The molecular formula is C18H29NO. The lowest BCUT2D eigenvalue weighted by molar-refractivity contribution is 0.118. The van der Waals surface area contributed by atoms with Gasteiger partial charge in [0, 0.05) is 13.1 Å². The first kappa shape index (κ1) is 15.5. The molecule has 0 spiro atoms. The van der Waals surface area contributed by atoms with E-state index in [1.165, 1.54) is 17.5 Å². The predicted molar refractivity (Wildman–Crippen MR) is 84.9 cm³/mol. The van der Waals surface area contributed by atoms with E-state index in [0.29, 0.717) is 5.41 Å². The van der Waals surface area contributed by atoms with E-state index in [2.05, 4.69) is 57.7 Å². The van der Waals surface area contributed by atoms with Crippen molar-refractivity contribution in [3.63, 3.8) is 0 Å². The fourth-order valence-corrected chi connectivity index (χ4v) is 3.26. The zero-order valence-corrected chi connectivity index (χ0v) is 13.6. The highest BCUT2D eigenvalue weighted by Gasteiger charge is 2.32. The molecule has 1 fully saturated rings. The maximum atomic E-state index is 10.5. The van der Waals surface area contributed by atoms with Crippen molar-refractivity contribution in [1.29, 1.82) is 0 Å². The van der Waals surface area contributed by atoms with Gasteiger partial charge in [-0.05, 0) is 43.7 Å². The van der Waals surface area contributed by atoms with Gasteiger partial charge in [0.05, 0.1) is 6.10 Å². The van der Waals surface area contributed by atoms with E-state index < -0.39 is 0 Å². The van der Waals surface area contributed by atoms with Crippen molar-refractivity contribution >= 4 is 0 Å². The van der Waals surface area contributed by atoms with E-state index in [9.17, 15) is 5.11 Å². The molecule has 1 aromatic rings. The number of aryl methyl sites for hydroxylation is 2. The number of aliphatic hydroxyl groups is 1. The van der Waals surface area contributed by atoms with Gasteiger partial charge < -0.3 is 10.0 Å². The van der Waals surface area contributed by atoms with Gasteiger partial charge in [0.2, 0.25) is 0 Å². The normalized spacial score (nSPS) is 22.2. The van der Waals surface area contributed by atoms with Gasteiger partial charge in [-0.25, -0.2) is 0 Å². The van der Waals surface area contributed by atoms with Crippen LogP contribution in [0.25, 0.3) is 0 Å². The van der Waals surface area contributed by atoms with E-state index in [0.717, 1.165) is 31.1 Å². The molecule has 2 atom stereocenters. The number of nitrogens with zero attached hydrogens (tertiary/aromatic N) is 1. The molecule has 1 heterocycles. The summed E-state index contributed by atoms with van der Waals surface area (Å²) in [4.78, 5) is 2.41. The Labute approximate surface area is 123 Å². The monoisotopic (exact) mass is 275 g/mol. The number of hydrogen-bond acceptors (Lipinski definition) is 2. The van der Waals surface area contributed by atoms with E-state index in [1.807, 2.05) is 0 Å². The Morgan fingerprint density at radius 3 is 2.30 bits per heavy atom. The van der Waals surface area contributed by atoms with Crippen LogP contribution in [0.1, 0.15) is 50.0 Å². The average Bonchev–Trinajstić information content (AvgIpc) is 2.75. The molecule has 0 aromatic heterocycles. The van der Waals surface area contributed by atoms with Crippen molar-refractivity contribution in [2.24, 2.45) is 11.3 Å². The first-order chi connectivity index (χ1) is 9.25. The minimum absolute atomic E-state index is 0.368. The van der Waals surface area contributed by atoms with Gasteiger partial charge in [-0.2, -0.15) is 0 Å². The number of β-amino-alcohol motifs (C(OH)–C–C–N with tert-alkyl or cyclic N) is 1. The van der Waals surface area contributed by atoms with E-state index in [-0.39, 0.29) is 6.10 Å². The van der Waals surface area contributed by atoms with Crippen molar-refractivity contribution in [2.45, 2.75) is 47.1 Å². The molecule has 1 aliphatic heterocycles. The highest BCUT2D eigenvalue weighted by molar-refractivity contribution is 5.30. The Morgan fingerprint density at radius 2 is 1.80 bits per heavy atom. The van der Waals surface area contributed by atoms with Crippen molar-refractivity contribution in [3.05, 3.63) is 34.9 Å². The van der Waals surface area contributed by atoms with Crippen molar-refractivity contribution < 1.29 is 5.11 Å². The molecular weight excluding hydrogens is 246 g/mol. The number of aliphatic hydroxyl groups excluding tert-OH is 1. The molecule has 112 valence electrons. The van der Waals surface area contributed by atoms with Crippen molar-refractivity contribution in [1.82, 2.24) is 4.90 Å². The second-order valence-corrected chi connectivity index (χ2v) is 7.55. The summed E-state index contributed by atoms with van der Waals surface area (Å²) in [7, 11) is 0. The number of likely N-dealkylation sites (tertiary alicyclic amines) is 1. The maximum absolute atomic E-state index is 10.5. The lowest BCUT2D eigenvalue weighted by Gasteiger charge is -2.27. The maximum Gasteiger partial charge on any atom is 0.0917 e. The summed E-state index contributed by atoms with van der Waals surface area (Å²) in [6, 6.07) is 6.37. The second-order valence-electron chi connectivity index (χ2n) is 7.55. The van der Waals surface area contributed by atoms with Gasteiger partial charge in [-0.1, -0.05) is 50.1 Å². The van der Waals surface area contributed by atoms with Crippen LogP contribution in [0.5, 0.6) is 0 Å². The molecule has 0 saturated carbocycles. The quantitative estimate of drug-likeness (QED) is 0.909. The second kappa shape index (κ2) is 5.87. The van der Waals surface area contributed by atoms with Crippen LogP contribution >= 0.6 is 0 Å². The molecule has 1 aliphatic rings. The van der Waals surface area contributed by atoms with E-state index in [1.54, 1.807) is 0 Å². The summed E-state index contributed by atoms with van der Waals surface area (Å²) in [6.07, 6.45) is 0.885.